The fourth-order valence-corrected chi connectivity index (χ4v) is 2.52. The number of anilines is 1. The maximum absolute atomic E-state index is 12.7. The van der Waals surface area contributed by atoms with E-state index in [1.54, 1.807) is 0 Å². The second-order valence-corrected chi connectivity index (χ2v) is 5.46. The molecule has 0 aliphatic carbocycles. The number of benzene rings is 1. The van der Waals surface area contributed by atoms with E-state index in [0.29, 0.717) is 24.6 Å². The maximum Gasteiger partial charge on any atom is 0.293 e. The first-order valence-corrected chi connectivity index (χ1v) is 8.53. The van der Waals surface area contributed by atoms with Crippen LogP contribution in [0.3, 0.4) is 0 Å². The highest BCUT2D eigenvalue weighted by Gasteiger charge is 2.22. The minimum atomic E-state index is -0.361. The summed E-state index contributed by atoms with van der Waals surface area (Å²) in [6.07, 6.45) is 1.19. The highest BCUT2D eigenvalue weighted by atomic mass is 16.5. The van der Waals surface area contributed by atoms with Gasteiger partial charge in [-0.3, -0.25) is 4.79 Å². The maximum atomic E-state index is 12.7. The van der Waals surface area contributed by atoms with Gasteiger partial charge in [-0.25, -0.2) is 0 Å². The summed E-state index contributed by atoms with van der Waals surface area (Å²) < 4.78 is 11.0. The van der Waals surface area contributed by atoms with Crippen molar-refractivity contribution in [2.24, 2.45) is 0 Å². The van der Waals surface area contributed by atoms with Crippen LogP contribution in [0.25, 0.3) is 0 Å². The lowest BCUT2D eigenvalue weighted by Crippen LogP contribution is -2.44. The third-order valence-corrected chi connectivity index (χ3v) is 3.74. The summed E-state index contributed by atoms with van der Waals surface area (Å²) in [5.41, 5.74) is 1.18. The lowest BCUT2D eigenvalue weighted by Gasteiger charge is -2.31. The molecule has 0 bridgehead atoms. The third-order valence-electron chi connectivity index (χ3n) is 3.74. The molecule has 136 valence electrons. The minimum absolute atomic E-state index is 0.153. The van der Waals surface area contributed by atoms with Gasteiger partial charge >= 0.3 is 0 Å². The Morgan fingerprint density at radius 1 is 1.28 bits per heavy atom. The van der Waals surface area contributed by atoms with E-state index in [1.165, 1.54) is 6.21 Å². The molecule has 1 fully saturated rings. The highest BCUT2D eigenvalue weighted by molar-refractivity contribution is 6.05. The molecule has 1 heterocycles. The topological polar surface area (TPSA) is 86.7 Å². The number of hydrogen-bond acceptors (Lipinski definition) is 6. The van der Waals surface area contributed by atoms with Gasteiger partial charge in [0.25, 0.3) is 5.91 Å². The van der Waals surface area contributed by atoms with Crippen molar-refractivity contribution >= 4 is 17.8 Å². The van der Waals surface area contributed by atoms with Gasteiger partial charge in [0.2, 0.25) is 5.76 Å². The molecule has 3 N–H and O–H groups in total. The van der Waals surface area contributed by atoms with Crippen LogP contribution < -0.4 is 10.6 Å². The van der Waals surface area contributed by atoms with Crippen LogP contribution in [-0.4, -0.2) is 63.0 Å². The average Bonchev–Trinajstić information content (AvgIpc) is 2.66. The summed E-state index contributed by atoms with van der Waals surface area (Å²) in [5, 5.41) is 13.9. The normalized spacial score (nSPS) is 15.3. The zero-order valence-corrected chi connectivity index (χ0v) is 14.6. The fraction of sp³-hybridized carbons (Fsp3) is 0.444. The first-order chi connectivity index (χ1) is 12.3. The van der Waals surface area contributed by atoms with E-state index in [-0.39, 0.29) is 18.3 Å². The van der Waals surface area contributed by atoms with E-state index in [2.05, 4.69) is 10.6 Å². The SMILES string of the molecule is CCOCCO/C(C(=O)Nc1ccccc1)=C(/C=N)N1CCNCC1. The van der Waals surface area contributed by atoms with Crippen LogP contribution in [0.4, 0.5) is 5.69 Å². The number of piperazine rings is 1. The second kappa shape index (κ2) is 10.5. The molecule has 0 saturated carbocycles. The van der Waals surface area contributed by atoms with Gasteiger partial charge < -0.3 is 30.4 Å². The number of para-hydroxylation sites is 1. The predicted molar refractivity (Wildman–Crippen MR) is 97.8 cm³/mol. The van der Waals surface area contributed by atoms with E-state index in [0.717, 1.165) is 26.2 Å². The van der Waals surface area contributed by atoms with Crippen molar-refractivity contribution < 1.29 is 14.3 Å². The van der Waals surface area contributed by atoms with Gasteiger partial charge in [0, 0.05) is 44.7 Å². The van der Waals surface area contributed by atoms with Crippen molar-refractivity contribution in [3.05, 3.63) is 41.8 Å². The summed E-state index contributed by atoms with van der Waals surface area (Å²) in [4.78, 5) is 14.7. The van der Waals surface area contributed by atoms with E-state index >= 15 is 0 Å². The molecule has 1 aromatic rings. The molecule has 25 heavy (non-hydrogen) atoms. The third kappa shape index (κ3) is 5.88. The van der Waals surface area contributed by atoms with E-state index in [4.69, 9.17) is 14.9 Å². The number of amides is 1. The molecular formula is C18H26N4O3. The molecule has 2 rings (SSSR count). The van der Waals surface area contributed by atoms with E-state index < -0.39 is 0 Å². The Morgan fingerprint density at radius 3 is 2.64 bits per heavy atom. The molecule has 1 aliphatic rings. The Morgan fingerprint density at radius 2 is 2.00 bits per heavy atom. The molecule has 1 amide bonds. The van der Waals surface area contributed by atoms with Crippen LogP contribution in [0.15, 0.2) is 41.8 Å². The zero-order valence-electron chi connectivity index (χ0n) is 14.6. The molecule has 1 aromatic carbocycles. The van der Waals surface area contributed by atoms with Crippen molar-refractivity contribution in [3.63, 3.8) is 0 Å². The lowest BCUT2D eigenvalue weighted by molar-refractivity contribution is -0.116. The Balaban J connectivity index is 2.18. The Labute approximate surface area is 148 Å². The number of allylic oxidation sites excluding steroid dienone is 1. The van der Waals surface area contributed by atoms with Crippen molar-refractivity contribution in [2.45, 2.75) is 6.92 Å². The minimum Gasteiger partial charge on any atom is -0.484 e. The molecule has 0 spiro atoms. The molecule has 0 unspecified atom stereocenters. The number of carbonyl (C=O) groups is 1. The number of nitrogens with zero attached hydrogens (tertiary/aromatic N) is 1. The lowest BCUT2D eigenvalue weighted by atomic mass is 10.2. The van der Waals surface area contributed by atoms with Crippen molar-refractivity contribution in [1.29, 1.82) is 5.41 Å². The smallest absolute Gasteiger partial charge is 0.293 e. The molecule has 7 nitrogen and oxygen atoms in total. The van der Waals surface area contributed by atoms with E-state index in [1.807, 2.05) is 42.2 Å². The number of ether oxygens (including phenoxy) is 2. The quantitative estimate of drug-likeness (QED) is 0.273. The number of carbonyl (C=O) groups excluding carboxylic acids is 1. The average molecular weight is 346 g/mol. The van der Waals surface area contributed by atoms with Gasteiger partial charge in [-0.05, 0) is 19.1 Å². The molecular weight excluding hydrogens is 320 g/mol. The largest absolute Gasteiger partial charge is 0.484 e. The summed E-state index contributed by atoms with van der Waals surface area (Å²) in [5.74, 6) is -0.208. The van der Waals surface area contributed by atoms with Gasteiger partial charge in [-0.15, -0.1) is 0 Å². The zero-order chi connectivity index (χ0) is 17.9. The molecule has 7 heteroatoms. The predicted octanol–water partition coefficient (Wildman–Crippen LogP) is 1.44. The van der Waals surface area contributed by atoms with Crippen LogP contribution in [0.1, 0.15) is 6.92 Å². The van der Waals surface area contributed by atoms with Crippen molar-refractivity contribution in [3.8, 4) is 0 Å². The molecule has 1 aliphatic heterocycles. The molecule has 1 saturated heterocycles. The molecule has 0 radical (unpaired) electrons. The Hall–Kier alpha value is -2.38. The number of rotatable bonds is 9. The number of nitrogens with one attached hydrogen (secondary N) is 3. The van der Waals surface area contributed by atoms with Gasteiger partial charge in [-0.1, -0.05) is 18.2 Å². The summed E-state index contributed by atoms with van der Waals surface area (Å²) in [7, 11) is 0. The Bertz CT molecular complexity index is 583. The standard InChI is InChI=1S/C18H26N4O3/c1-2-24-12-13-25-17(16(14-19)22-10-8-20-9-11-22)18(23)21-15-6-4-3-5-7-15/h3-7,14,19-20H,2,8-13H2,1H3,(H,21,23)/b17-16-,19-14?. The second-order valence-electron chi connectivity index (χ2n) is 5.46. The van der Waals surface area contributed by atoms with Crippen LogP contribution in [-0.2, 0) is 14.3 Å². The molecule has 0 aromatic heterocycles. The first kappa shape index (κ1) is 19.0. The summed E-state index contributed by atoms with van der Waals surface area (Å²) >= 11 is 0. The van der Waals surface area contributed by atoms with E-state index in [9.17, 15) is 4.79 Å². The van der Waals surface area contributed by atoms with Crippen LogP contribution in [0.5, 0.6) is 0 Å². The van der Waals surface area contributed by atoms with Crippen LogP contribution >= 0.6 is 0 Å². The van der Waals surface area contributed by atoms with Gasteiger partial charge in [0.05, 0.1) is 6.61 Å². The van der Waals surface area contributed by atoms with Gasteiger partial charge in [-0.2, -0.15) is 0 Å². The summed E-state index contributed by atoms with van der Waals surface area (Å²) in [6, 6.07) is 9.20. The fourth-order valence-electron chi connectivity index (χ4n) is 2.52. The summed E-state index contributed by atoms with van der Waals surface area (Å²) in [6.45, 7) is 6.22. The first-order valence-electron chi connectivity index (χ1n) is 8.53. The molecule has 0 atom stereocenters. The van der Waals surface area contributed by atoms with Crippen molar-refractivity contribution in [2.75, 3.05) is 51.3 Å². The van der Waals surface area contributed by atoms with Crippen molar-refractivity contribution in [1.82, 2.24) is 10.2 Å². The van der Waals surface area contributed by atoms with Gasteiger partial charge in [0.1, 0.15) is 12.3 Å². The monoisotopic (exact) mass is 346 g/mol. The Kier molecular flexibility index (Phi) is 7.94. The van der Waals surface area contributed by atoms with Gasteiger partial charge in [0.15, 0.2) is 0 Å². The highest BCUT2D eigenvalue weighted by Crippen LogP contribution is 2.15. The number of hydrogen-bond donors (Lipinski definition) is 3. The van der Waals surface area contributed by atoms with Crippen LogP contribution in [0, 0.1) is 5.41 Å². The van der Waals surface area contributed by atoms with Crippen LogP contribution in [0.2, 0.25) is 0 Å².